The van der Waals surface area contributed by atoms with E-state index in [1.807, 2.05) is 6.92 Å². The normalized spacial score (nSPS) is 11.3. The third kappa shape index (κ3) is 3.64. The van der Waals surface area contributed by atoms with Crippen molar-refractivity contribution in [1.82, 2.24) is 0 Å². The predicted molar refractivity (Wildman–Crippen MR) is 75.8 cm³/mol. The second-order valence-electron chi connectivity index (χ2n) is 4.41. The molecule has 0 radical (unpaired) electrons. The van der Waals surface area contributed by atoms with Gasteiger partial charge >= 0.3 is 6.18 Å². The topological polar surface area (TPSA) is 26.3 Å². The Balaban J connectivity index is 2.46. The van der Waals surface area contributed by atoms with Gasteiger partial charge in [-0.15, -0.1) is 0 Å². The first kappa shape index (κ1) is 15.6. The van der Waals surface area contributed by atoms with Gasteiger partial charge in [0.2, 0.25) is 0 Å². The Bertz CT molecular complexity index is 681. The summed E-state index contributed by atoms with van der Waals surface area (Å²) >= 11 is 3.25. The highest BCUT2D eigenvalue weighted by Crippen LogP contribution is 2.40. The number of aldehydes is 1. The van der Waals surface area contributed by atoms with E-state index in [2.05, 4.69) is 15.9 Å². The summed E-state index contributed by atoms with van der Waals surface area (Å²) in [6, 6.07) is 8.23. The van der Waals surface area contributed by atoms with Gasteiger partial charge in [0, 0.05) is 5.56 Å². The summed E-state index contributed by atoms with van der Waals surface area (Å²) in [5.74, 6) is -0.0809. The molecular formula is C15H10BrF3O2. The van der Waals surface area contributed by atoms with Gasteiger partial charge in [-0.1, -0.05) is 6.07 Å². The lowest BCUT2D eigenvalue weighted by Crippen LogP contribution is -2.08. The summed E-state index contributed by atoms with van der Waals surface area (Å²) in [6.07, 6.45) is -4.24. The SMILES string of the molecule is Cc1ccc(Oc2ccc(C=O)cc2C(F)(F)F)c(Br)c1. The van der Waals surface area contributed by atoms with Crippen LogP contribution >= 0.6 is 15.9 Å². The van der Waals surface area contributed by atoms with E-state index >= 15 is 0 Å². The number of halogens is 4. The Morgan fingerprint density at radius 3 is 2.33 bits per heavy atom. The number of benzene rings is 2. The van der Waals surface area contributed by atoms with Crippen molar-refractivity contribution in [2.45, 2.75) is 13.1 Å². The third-order valence-corrected chi connectivity index (χ3v) is 3.37. The molecule has 0 spiro atoms. The summed E-state index contributed by atoms with van der Waals surface area (Å²) in [6.45, 7) is 1.86. The van der Waals surface area contributed by atoms with E-state index in [1.54, 1.807) is 18.2 Å². The number of carbonyl (C=O) groups is 1. The summed E-state index contributed by atoms with van der Waals surface area (Å²) < 4.78 is 45.0. The first-order chi connectivity index (χ1) is 9.81. The smallest absolute Gasteiger partial charge is 0.420 e. The molecule has 0 aliphatic carbocycles. The molecule has 6 heteroatoms. The highest BCUT2D eigenvalue weighted by molar-refractivity contribution is 9.10. The molecule has 0 unspecified atom stereocenters. The minimum Gasteiger partial charge on any atom is -0.456 e. The molecule has 0 atom stereocenters. The Hall–Kier alpha value is -1.82. The van der Waals surface area contributed by atoms with E-state index in [0.717, 1.165) is 17.7 Å². The van der Waals surface area contributed by atoms with Crippen molar-refractivity contribution in [2.24, 2.45) is 0 Å². The summed E-state index contributed by atoms with van der Waals surface area (Å²) in [5.41, 5.74) is -0.0983. The number of rotatable bonds is 3. The standard InChI is InChI=1S/C15H10BrF3O2/c1-9-2-4-14(12(16)6-9)21-13-5-3-10(8-20)7-11(13)15(17,18)19/h2-8H,1H3. The van der Waals surface area contributed by atoms with E-state index in [0.29, 0.717) is 10.8 Å². The van der Waals surface area contributed by atoms with Crippen LogP contribution in [0.15, 0.2) is 40.9 Å². The molecule has 0 fully saturated rings. The second kappa shape index (κ2) is 5.89. The van der Waals surface area contributed by atoms with Crippen LogP contribution in [0.5, 0.6) is 11.5 Å². The highest BCUT2D eigenvalue weighted by Gasteiger charge is 2.35. The lowest BCUT2D eigenvalue weighted by Gasteiger charge is -2.15. The van der Waals surface area contributed by atoms with Crippen LogP contribution < -0.4 is 4.74 Å². The second-order valence-corrected chi connectivity index (χ2v) is 5.26. The van der Waals surface area contributed by atoms with Crippen LogP contribution in [0.25, 0.3) is 0 Å². The molecule has 0 heterocycles. The molecule has 2 aromatic carbocycles. The number of alkyl halides is 3. The molecule has 0 saturated carbocycles. The van der Waals surface area contributed by atoms with Crippen molar-refractivity contribution in [3.05, 3.63) is 57.6 Å². The van der Waals surface area contributed by atoms with E-state index in [1.165, 1.54) is 6.07 Å². The van der Waals surface area contributed by atoms with Crippen LogP contribution in [0.4, 0.5) is 13.2 Å². The average molecular weight is 359 g/mol. The Morgan fingerprint density at radius 1 is 1.10 bits per heavy atom. The molecule has 110 valence electrons. The van der Waals surface area contributed by atoms with Gasteiger partial charge in [-0.2, -0.15) is 13.2 Å². The zero-order valence-corrected chi connectivity index (χ0v) is 12.5. The van der Waals surface area contributed by atoms with Crippen LogP contribution in [-0.4, -0.2) is 6.29 Å². The predicted octanol–water partition coefficient (Wildman–Crippen LogP) is 5.38. The highest BCUT2D eigenvalue weighted by atomic mass is 79.9. The molecule has 0 bridgehead atoms. The lowest BCUT2D eigenvalue weighted by molar-refractivity contribution is -0.138. The van der Waals surface area contributed by atoms with Crippen LogP contribution in [-0.2, 0) is 6.18 Å². The summed E-state index contributed by atoms with van der Waals surface area (Å²) in [7, 11) is 0. The first-order valence-corrected chi connectivity index (χ1v) is 6.71. The van der Waals surface area contributed by atoms with Crippen LogP contribution in [0.2, 0.25) is 0 Å². The lowest BCUT2D eigenvalue weighted by atomic mass is 10.1. The summed E-state index contributed by atoms with van der Waals surface area (Å²) in [4.78, 5) is 10.6. The van der Waals surface area contributed by atoms with Gasteiger partial charge in [-0.05, 0) is 58.7 Å². The molecule has 0 saturated heterocycles. The molecule has 21 heavy (non-hydrogen) atoms. The summed E-state index contributed by atoms with van der Waals surface area (Å²) in [5, 5.41) is 0. The maximum absolute atomic E-state index is 13.0. The van der Waals surface area contributed by atoms with Gasteiger partial charge in [0.05, 0.1) is 10.0 Å². The largest absolute Gasteiger partial charge is 0.456 e. The maximum atomic E-state index is 13.0. The van der Waals surface area contributed by atoms with E-state index in [4.69, 9.17) is 4.74 Å². The van der Waals surface area contributed by atoms with Gasteiger partial charge in [0.15, 0.2) is 0 Å². The Morgan fingerprint density at radius 2 is 1.76 bits per heavy atom. The van der Waals surface area contributed by atoms with Crippen LogP contribution in [0.1, 0.15) is 21.5 Å². The average Bonchev–Trinajstić information content (AvgIpc) is 2.41. The van der Waals surface area contributed by atoms with E-state index < -0.39 is 11.7 Å². The van der Waals surface area contributed by atoms with E-state index in [-0.39, 0.29) is 17.1 Å². The zero-order valence-electron chi connectivity index (χ0n) is 10.9. The van der Waals surface area contributed by atoms with Crippen molar-refractivity contribution in [3.8, 4) is 11.5 Å². The Kier molecular flexibility index (Phi) is 4.37. The molecule has 2 nitrogen and oxygen atoms in total. The molecule has 0 amide bonds. The van der Waals surface area contributed by atoms with Gasteiger partial charge in [0.1, 0.15) is 17.8 Å². The number of ether oxygens (including phenoxy) is 1. The number of aryl methyl sites for hydroxylation is 1. The van der Waals surface area contributed by atoms with Gasteiger partial charge in [-0.25, -0.2) is 0 Å². The first-order valence-electron chi connectivity index (χ1n) is 5.91. The monoisotopic (exact) mass is 358 g/mol. The van der Waals surface area contributed by atoms with Gasteiger partial charge < -0.3 is 4.74 Å². The van der Waals surface area contributed by atoms with Crippen molar-refractivity contribution in [3.63, 3.8) is 0 Å². The van der Waals surface area contributed by atoms with Crippen molar-refractivity contribution in [1.29, 1.82) is 0 Å². The molecule has 0 aliphatic rings. The number of carbonyl (C=O) groups excluding carboxylic acids is 1. The number of hydrogen-bond donors (Lipinski definition) is 0. The van der Waals surface area contributed by atoms with Gasteiger partial charge in [-0.3, -0.25) is 4.79 Å². The molecule has 2 rings (SSSR count). The molecule has 0 aliphatic heterocycles. The minimum atomic E-state index is -4.61. The number of hydrogen-bond acceptors (Lipinski definition) is 2. The third-order valence-electron chi connectivity index (χ3n) is 2.75. The Labute approximate surface area is 127 Å². The molecular weight excluding hydrogens is 349 g/mol. The fourth-order valence-corrected chi connectivity index (χ4v) is 2.31. The maximum Gasteiger partial charge on any atom is 0.420 e. The quantitative estimate of drug-likeness (QED) is 0.688. The van der Waals surface area contributed by atoms with Crippen molar-refractivity contribution < 1.29 is 22.7 Å². The van der Waals surface area contributed by atoms with Crippen LogP contribution in [0.3, 0.4) is 0 Å². The molecule has 0 aromatic heterocycles. The minimum absolute atomic E-state index is 0.0577. The van der Waals surface area contributed by atoms with Gasteiger partial charge in [0.25, 0.3) is 0 Å². The van der Waals surface area contributed by atoms with E-state index in [9.17, 15) is 18.0 Å². The molecule has 2 aromatic rings. The fraction of sp³-hybridized carbons (Fsp3) is 0.133. The zero-order chi connectivity index (χ0) is 15.6. The van der Waals surface area contributed by atoms with Crippen LogP contribution in [0, 0.1) is 6.92 Å². The molecule has 0 N–H and O–H groups in total. The fourth-order valence-electron chi connectivity index (χ4n) is 1.74. The van der Waals surface area contributed by atoms with Crippen molar-refractivity contribution in [2.75, 3.05) is 0 Å². The van der Waals surface area contributed by atoms with Crippen molar-refractivity contribution >= 4 is 22.2 Å².